The molecule has 3 rings (SSSR count). The van der Waals surface area contributed by atoms with Crippen LogP contribution < -0.4 is 11.1 Å². The number of carbonyl (C=O) groups is 1. The highest BCUT2D eigenvalue weighted by atomic mass is 16.1. The number of benzene rings is 3. The van der Waals surface area contributed by atoms with Crippen molar-refractivity contribution in [2.75, 3.05) is 11.1 Å². The number of nitrogen functional groups attached to an aromatic ring is 1. The average molecular weight is 330 g/mol. The van der Waals surface area contributed by atoms with Crippen LogP contribution in [0.2, 0.25) is 0 Å². The van der Waals surface area contributed by atoms with Crippen molar-refractivity contribution in [2.24, 2.45) is 0 Å². The van der Waals surface area contributed by atoms with Crippen LogP contribution in [0.15, 0.2) is 78.9 Å². The summed E-state index contributed by atoms with van der Waals surface area (Å²) in [5, 5.41) is 3.00. The summed E-state index contributed by atoms with van der Waals surface area (Å²) in [5.41, 5.74) is 10.5. The van der Waals surface area contributed by atoms with E-state index in [1.54, 1.807) is 6.07 Å². The van der Waals surface area contributed by atoms with Crippen LogP contribution in [0.25, 0.3) is 0 Å². The fourth-order valence-corrected chi connectivity index (χ4v) is 2.96. The molecule has 3 N–H and O–H groups in total. The number of carbonyl (C=O) groups excluding carboxylic acids is 1. The highest BCUT2D eigenvalue weighted by Crippen LogP contribution is 2.28. The van der Waals surface area contributed by atoms with Crippen LogP contribution >= 0.6 is 0 Å². The molecule has 0 heterocycles. The lowest BCUT2D eigenvalue weighted by Crippen LogP contribution is -2.17. The molecule has 25 heavy (non-hydrogen) atoms. The van der Waals surface area contributed by atoms with Crippen LogP contribution in [0, 0.1) is 6.92 Å². The van der Waals surface area contributed by atoms with Gasteiger partial charge in [-0.3, -0.25) is 4.79 Å². The molecule has 0 unspecified atom stereocenters. The summed E-state index contributed by atoms with van der Waals surface area (Å²) < 4.78 is 0. The van der Waals surface area contributed by atoms with Crippen molar-refractivity contribution in [3.63, 3.8) is 0 Å². The summed E-state index contributed by atoms with van der Waals surface area (Å²) in [5.74, 6) is -0.00447. The number of aryl methyl sites for hydroxylation is 1. The number of amides is 1. The Labute approximate surface area is 148 Å². The zero-order valence-corrected chi connectivity index (χ0v) is 14.3. The summed E-state index contributed by atoms with van der Waals surface area (Å²) >= 11 is 0. The van der Waals surface area contributed by atoms with Crippen molar-refractivity contribution in [1.82, 2.24) is 0 Å². The Morgan fingerprint density at radius 2 is 1.48 bits per heavy atom. The fraction of sp³-hybridized carbons (Fsp3) is 0.136. The first kappa shape index (κ1) is 16.8. The van der Waals surface area contributed by atoms with Gasteiger partial charge in [-0.05, 0) is 35.7 Å². The quantitative estimate of drug-likeness (QED) is 0.664. The van der Waals surface area contributed by atoms with Crippen LogP contribution in [0.5, 0.6) is 0 Å². The van der Waals surface area contributed by atoms with E-state index in [0.29, 0.717) is 12.1 Å². The van der Waals surface area contributed by atoms with Gasteiger partial charge in [0, 0.05) is 23.7 Å². The highest BCUT2D eigenvalue weighted by Gasteiger charge is 2.18. The van der Waals surface area contributed by atoms with Gasteiger partial charge in [0.2, 0.25) is 5.91 Å². The standard InChI is InChI=1S/C22H22N2O/c1-16-12-13-19(23)14-21(16)24-22(25)15-20(17-8-4-2-5-9-17)18-10-6-3-7-11-18/h2-14,20H,15,23H2,1H3,(H,24,25). The van der Waals surface area contributed by atoms with Crippen molar-refractivity contribution in [2.45, 2.75) is 19.3 Å². The topological polar surface area (TPSA) is 55.1 Å². The summed E-state index contributed by atoms with van der Waals surface area (Å²) in [7, 11) is 0. The Morgan fingerprint density at radius 3 is 2.04 bits per heavy atom. The van der Waals surface area contributed by atoms with Crippen molar-refractivity contribution >= 4 is 17.3 Å². The van der Waals surface area contributed by atoms with Gasteiger partial charge >= 0.3 is 0 Å². The second-order valence-electron chi connectivity index (χ2n) is 6.20. The van der Waals surface area contributed by atoms with Gasteiger partial charge < -0.3 is 11.1 Å². The Kier molecular flexibility index (Phi) is 5.14. The van der Waals surface area contributed by atoms with Gasteiger partial charge in [-0.1, -0.05) is 66.7 Å². The van der Waals surface area contributed by atoms with E-state index < -0.39 is 0 Å². The highest BCUT2D eigenvalue weighted by molar-refractivity contribution is 5.92. The Morgan fingerprint density at radius 1 is 0.920 bits per heavy atom. The maximum Gasteiger partial charge on any atom is 0.225 e. The fourth-order valence-electron chi connectivity index (χ4n) is 2.96. The number of nitrogens with one attached hydrogen (secondary N) is 1. The number of nitrogens with two attached hydrogens (primary N) is 1. The lowest BCUT2D eigenvalue weighted by molar-refractivity contribution is -0.116. The lowest BCUT2D eigenvalue weighted by atomic mass is 9.88. The first-order valence-electron chi connectivity index (χ1n) is 8.39. The zero-order chi connectivity index (χ0) is 17.6. The molecule has 126 valence electrons. The van der Waals surface area contributed by atoms with E-state index in [0.717, 1.165) is 22.4 Å². The molecular formula is C22H22N2O. The molecule has 3 heteroatoms. The van der Waals surface area contributed by atoms with Crippen LogP contribution in [0.1, 0.15) is 29.0 Å². The van der Waals surface area contributed by atoms with Gasteiger partial charge in [0.15, 0.2) is 0 Å². The zero-order valence-electron chi connectivity index (χ0n) is 14.3. The van der Waals surface area contributed by atoms with Crippen LogP contribution in [0.3, 0.4) is 0 Å². The second-order valence-corrected chi connectivity index (χ2v) is 6.20. The van der Waals surface area contributed by atoms with Crippen molar-refractivity contribution in [3.8, 4) is 0 Å². The summed E-state index contributed by atoms with van der Waals surface area (Å²) in [6.45, 7) is 1.96. The Hall–Kier alpha value is -3.07. The number of rotatable bonds is 5. The largest absolute Gasteiger partial charge is 0.399 e. The molecule has 0 fully saturated rings. The number of anilines is 2. The minimum atomic E-state index is -0.0218. The summed E-state index contributed by atoms with van der Waals surface area (Å²) in [4.78, 5) is 12.7. The smallest absolute Gasteiger partial charge is 0.225 e. The third kappa shape index (κ3) is 4.27. The van der Waals surface area contributed by atoms with E-state index in [-0.39, 0.29) is 11.8 Å². The molecule has 0 spiro atoms. The van der Waals surface area contributed by atoms with Crippen molar-refractivity contribution in [1.29, 1.82) is 0 Å². The predicted octanol–water partition coefficient (Wildman–Crippen LogP) is 4.74. The van der Waals surface area contributed by atoms with Gasteiger partial charge in [0.05, 0.1) is 0 Å². The molecule has 1 amide bonds. The van der Waals surface area contributed by atoms with Gasteiger partial charge in [-0.15, -0.1) is 0 Å². The molecule has 0 saturated carbocycles. The minimum Gasteiger partial charge on any atom is -0.399 e. The first-order chi connectivity index (χ1) is 12.1. The molecule has 0 bridgehead atoms. The normalized spacial score (nSPS) is 10.6. The van der Waals surface area contributed by atoms with E-state index in [9.17, 15) is 4.79 Å². The van der Waals surface area contributed by atoms with E-state index in [1.165, 1.54) is 0 Å². The molecule has 3 aromatic carbocycles. The summed E-state index contributed by atoms with van der Waals surface area (Å²) in [6.07, 6.45) is 0.377. The molecule has 0 aromatic heterocycles. The van der Waals surface area contributed by atoms with Crippen LogP contribution in [0.4, 0.5) is 11.4 Å². The summed E-state index contributed by atoms with van der Waals surface area (Å²) in [6, 6.07) is 25.8. The van der Waals surface area contributed by atoms with Gasteiger partial charge in [-0.25, -0.2) is 0 Å². The molecule has 0 saturated heterocycles. The van der Waals surface area contributed by atoms with Crippen LogP contribution in [-0.2, 0) is 4.79 Å². The molecule has 0 aliphatic rings. The van der Waals surface area contributed by atoms with E-state index in [4.69, 9.17) is 5.73 Å². The first-order valence-corrected chi connectivity index (χ1v) is 8.39. The number of hydrogen-bond acceptors (Lipinski definition) is 2. The molecular weight excluding hydrogens is 308 g/mol. The molecule has 3 aromatic rings. The molecule has 0 aliphatic carbocycles. The molecule has 0 aliphatic heterocycles. The van der Waals surface area contributed by atoms with E-state index in [2.05, 4.69) is 29.6 Å². The monoisotopic (exact) mass is 330 g/mol. The average Bonchev–Trinajstić information content (AvgIpc) is 2.64. The molecule has 3 nitrogen and oxygen atoms in total. The maximum absolute atomic E-state index is 12.7. The van der Waals surface area contributed by atoms with E-state index in [1.807, 2.05) is 55.5 Å². The Balaban J connectivity index is 1.83. The third-order valence-electron chi connectivity index (χ3n) is 4.33. The van der Waals surface area contributed by atoms with Crippen molar-refractivity contribution < 1.29 is 4.79 Å². The second kappa shape index (κ2) is 7.67. The Bertz CT molecular complexity index is 805. The third-order valence-corrected chi connectivity index (χ3v) is 4.33. The predicted molar refractivity (Wildman–Crippen MR) is 104 cm³/mol. The minimum absolute atomic E-state index is 0.0174. The van der Waals surface area contributed by atoms with Gasteiger partial charge in [-0.2, -0.15) is 0 Å². The van der Waals surface area contributed by atoms with E-state index >= 15 is 0 Å². The van der Waals surface area contributed by atoms with Gasteiger partial charge in [0.1, 0.15) is 0 Å². The maximum atomic E-state index is 12.7. The number of hydrogen-bond donors (Lipinski definition) is 2. The van der Waals surface area contributed by atoms with Crippen molar-refractivity contribution in [3.05, 3.63) is 95.6 Å². The molecule has 0 radical (unpaired) electrons. The lowest BCUT2D eigenvalue weighted by Gasteiger charge is -2.18. The molecule has 0 atom stereocenters. The van der Waals surface area contributed by atoms with Crippen LogP contribution in [-0.4, -0.2) is 5.91 Å². The van der Waals surface area contributed by atoms with Gasteiger partial charge in [0.25, 0.3) is 0 Å². The SMILES string of the molecule is Cc1ccc(N)cc1NC(=O)CC(c1ccccc1)c1ccccc1.